The lowest BCUT2D eigenvalue weighted by Crippen LogP contribution is -2.41. The molecule has 5 rings (SSSR count). The molecule has 3 aromatic heterocycles. The number of aromatic nitrogens is 3. The summed E-state index contributed by atoms with van der Waals surface area (Å²) < 4.78 is 33.6. The molecule has 1 N–H and O–H groups in total. The van der Waals surface area contributed by atoms with Gasteiger partial charge in [0, 0.05) is 35.2 Å². The molecule has 4 heterocycles. The Balaban J connectivity index is 1.25. The van der Waals surface area contributed by atoms with Gasteiger partial charge in [-0.25, -0.2) is 13.4 Å². The van der Waals surface area contributed by atoms with E-state index in [2.05, 4.69) is 20.4 Å². The Morgan fingerprint density at radius 3 is 2.58 bits per heavy atom. The molecule has 12 heteroatoms. The van der Waals surface area contributed by atoms with E-state index in [1.807, 2.05) is 12.3 Å². The highest BCUT2D eigenvalue weighted by Crippen LogP contribution is 2.38. The average molecular weight is 508 g/mol. The van der Waals surface area contributed by atoms with Crippen molar-refractivity contribution >= 4 is 43.7 Å². The van der Waals surface area contributed by atoms with E-state index in [1.165, 1.54) is 33.4 Å². The van der Waals surface area contributed by atoms with E-state index >= 15 is 0 Å². The minimum Gasteiger partial charge on any atom is -0.339 e. The second-order valence-electron chi connectivity index (χ2n) is 8.58. The highest BCUT2D eigenvalue weighted by molar-refractivity contribution is 7.89. The molecule has 1 amide bonds. The van der Waals surface area contributed by atoms with Gasteiger partial charge in [-0.3, -0.25) is 4.79 Å². The maximum absolute atomic E-state index is 13.4. The van der Waals surface area contributed by atoms with E-state index < -0.39 is 10.0 Å². The third-order valence-corrected chi connectivity index (χ3v) is 10.4. The Bertz CT molecular complexity index is 1270. The molecule has 0 unspecified atom stereocenters. The highest BCUT2D eigenvalue weighted by Gasteiger charge is 2.34. The SMILES string of the molecule is Cc1csc(NC(=O)C2CCN(S(=O)(=O)c3cc(-c4noc(C5CCC5)n4)sc3C)CC2)n1. The molecule has 176 valence electrons. The largest absolute Gasteiger partial charge is 0.339 e. The van der Waals surface area contributed by atoms with Gasteiger partial charge in [-0.05, 0) is 45.6 Å². The van der Waals surface area contributed by atoms with E-state index in [4.69, 9.17) is 4.52 Å². The molecule has 1 saturated heterocycles. The monoisotopic (exact) mass is 507 g/mol. The van der Waals surface area contributed by atoms with Crippen LogP contribution in [-0.4, -0.2) is 46.8 Å². The van der Waals surface area contributed by atoms with Gasteiger partial charge in [0.25, 0.3) is 0 Å². The van der Waals surface area contributed by atoms with Gasteiger partial charge in [-0.2, -0.15) is 9.29 Å². The molecule has 0 aromatic carbocycles. The number of sulfonamides is 1. The number of nitrogens with zero attached hydrogens (tertiary/aromatic N) is 4. The Kier molecular flexibility index (Phi) is 6.10. The van der Waals surface area contributed by atoms with Crippen LogP contribution in [0.1, 0.15) is 54.5 Å². The van der Waals surface area contributed by atoms with E-state index in [9.17, 15) is 13.2 Å². The van der Waals surface area contributed by atoms with Crippen molar-refractivity contribution in [2.24, 2.45) is 5.92 Å². The van der Waals surface area contributed by atoms with Gasteiger partial charge in [-0.1, -0.05) is 11.6 Å². The number of carbonyl (C=O) groups excluding carboxylic acids is 1. The lowest BCUT2D eigenvalue weighted by Gasteiger charge is -2.30. The summed E-state index contributed by atoms with van der Waals surface area (Å²) in [6, 6.07) is 1.65. The molecule has 0 spiro atoms. The van der Waals surface area contributed by atoms with E-state index in [-0.39, 0.29) is 16.7 Å². The first kappa shape index (κ1) is 22.6. The first-order chi connectivity index (χ1) is 15.8. The third-order valence-electron chi connectivity index (χ3n) is 6.28. The molecule has 0 radical (unpaired) electrons. The number of anilines is 1. The number of hydrogen-bond acceptors (Lipinski definition) is 9. The van der Waals surface area contributed by atoms with Crippen molar-refractivity contribution in [1.29, 1.82) is 0 Å². The summed E-state index contributed by atoms with van der Waals surface area (Å²) in [5.74, 6) is 1.08. The summed E-state index contributed by atoms with van der Waals surface area (Å²) in [5.41, 5.74) is 0.863. The Morgan fingerprint density at radius 2 is 1.94 bits per heavy atom. The molecule has 9 nitrogen and oxygen atoms in total. The first-order valence-electron chi connectivity index (χ1n) is 11.0. The van der Waals surface area contributed by atoms with Gasteiger partial charge in [0.2, 0.25) is 27.6 Å². The summed E-state index contributed by atoms with van der Waals surface area (Å²) in [6.45, 7) is 4.27. The van der Waals surface area contributed by atoms with Crippen molar-refractivity contribution in [3.8, 4) is 10.7 Å². The van der Waals surface area contributed by atoms with Crippen LogP contribution < -0.4 is 5.32 Å². The summed E-state index contributed by atoms with van der Waals surface area (Å²) in [6.07, 6.45) is 4.23. The van der Waals surface area contributed by atoms with Crippen molar-refractivity contribution in [2.75, 3.05) is 18.4 Å². The predicted molar refractivity (Wildman–Crippen MR) is 126 cm³/mol. The molecule has 3 aromatic rings. The number of rotatable bonds is 6. The number of hydrogen-bond donors (Lipinski definition) is 1. The summed E-state index contributed by atoms with van der Waals surface area (Å²) >= 11 is 2.75. The number of carbonyl (C=O) groups is 1. The zero-order valence-corrected chi connectivity index (χ0v) is 20.9. The molecule has 2 aliphatic rings. The fraction of sp³-hybridized carbons (Fsp3) is 0.524. The Hall–Kier alpha value is -2.15. The lowest BCUT2D eigenvalue weighted by molar-refractivity contribution is -0.120. The lowest BCUT2D eigenvalue weighted by atomic mass is 9.85. The second kappa shape index (κ2) is 8.90. The van der Waals surface area contributed by atoms with Crippen molar-refractivity contribution in [3.05, 3.63) is 27.9 Å². The smallest absolute Gasteiger partial charge is 0.244 e. The molecule has 0 bridgehead atoms. The maximum Gasteiger partial charge on any atom is 0.244 e. The Morgan fingerprint density at radius 1 is 1.18 bits per heavy atom. The number of thiazole rings is 1. The molecule has 2 fully saturated rings. The predicted octanol–water partition coefficient (Wildman–Crippen LogP) is 4.18. The number of aryl methyl sites for hydroxylation is 2. The standard InChI is InChI=1S/C21H25N5O4S3/c1-12-11-31-21(22-12)24-19(27)14-6-8-26(9-7-14)33(28,29)17-10-16(32-13(17)2)18-23-20(30-25-18)15-4-3-5-15/h10-11,14-15H,3-9H2,1-2H3,(H,22,24,27). The van der Waals surface area contributed by atoms with Crippen molar-refractivity contribution < 1.29 is 17.7 Å². The van der Waals surface area contributed by atoms with E-state index in [0.717, 1.165) is 18.5 Å². The molecular weight excluding hydrogens is 482 g/mol. The number of thiophene rings is 1. The number of amides is 1. The van der Waals surface area contributed by atoms with Crippen LogP contribution in [0.4, 0.5) is 5.13 Å². The van der Waals surface area contributed by atoms with Gasteiger partial charge in [0.05, 0.1) is 15.5 Å². The minimum atomic E-state index is -3.67. The molecule has 33 heavy (non-hydrogen) atoms. The van der Waals surface area contributed by atoms with Crippen LogP contribution >= 0.6 is 22.7 Å². The molecule has 1 aliphatic heterocycles. The van der Waals surface area contributed by atoms with Crippen molar-refractivity contribution in [1.82, 2.24) is 19.4 Å². The molecule has 1 saturated carbocycles. The van der Waals surface area contributed by atoms with Gasteiger partial charge in [-0.15, -0.1) is 22.7 Å². The zero-order chi connectivity index (χ0) is 23.2. The van der Waals surface area contributed by atoms with E-state index in [1.54, 1.807) is 13.0 Å². The summed E-state index contributed by atoms with van der Waals surface area (Å²) in [4.78, 5) is 23.0. The fourth-order valence-electron chi connectivity index (χ4n) is 4.10. The van der Waals surface area contributed by atoms with Crippen LogP contribution in [0.25, 0.3) is 10.7 Å². The Labute approximate surface area is 200 Å². The van der Waals surface area contributed by atoms with Crippen LogP contribution in [0.2, 0.25) is 0 Å². The molecule has 0 atom stereocenters. The third kappa shape index (κ3) is 4.48. The number of piperidine rings is 1. The first-order valence-corrected chi connectivity index (χ1v) is 14.1. The highest BCUT2D eigenvalue weighted by atomic mass is 32.2. The minimum absolute atomic E-state index is 0.102. The fourth-order valence-corrected chi connectivity index (χ4v) is 7.75. The van der Waals surface area contributed by atoms with Crippen LogP contribution in [-0.2, 0) is 14.8 Å². The number of nitrogens with one attached hydrogen (secondary N) is 1. The van der Waals surface area contributed by atoms with Gasteiger partial charge < -0.3 is 9.84 Å². The van der Waals surface area contributed by atoms with Gasteiger partial charge in [0.1, 0.15) is 0 Å². The van der Waals surface area contributed by atoms with E-state index in [0.29, 0.717) is 58.5 Å². The van der Waals surface area contributed by atoms with Crippen molar-refractivity contribution in [3.63, 3.8) is 0 Å². The second-order valence-corrected chi connectivity index (χ2v) is 12.6. The van der Waals surface area contributed by atoms with Crippen LogP contribution in [0.15, 0.2) is 20.9 Å². The van der Waals surface area contributed by atoms with Gasteiger partial charge in [0.15, 0.2) is 5.13 Å². The topological polar surface area (TPSA) is 118 Å². The molecule has 1 aliphatic carbocycles. The van der Waals surface area contributed by atoms with Crippen molar-refractivity contribution in [2.45, 2.75) is 56.8 Å². The average Bonchev–Trinajstić information content (AvgIpc) is 3.47. The molecular formula is C21H25N5O4S3. The van der Waals surface area contributed by atoms with Crippen LogP contribution in [0.3, 0.4) is 0 Å². The summed E-state index contributed by atoms with van der Waals surface area (Å²) in [7, 11) is -3.67. The quantitative estimate of drug-likeness (QED) is 0.532. The van der Waals surface area contributed by atoms with Gasteiger partial charge >= 0.3 is 0 Å². The van der Waals surface area contributed by atoms with Crippen LogP contribution in [0.5, 0.6) is 0 Å². The zero-order valence-electron chi connectivity index (χ0n) is 18.4. The normalized spacial score (nSPS) is 18.4. The summed E-state index contributed by atoms with van der Waals surface area (Å²) in [5, 5.41) is 9.38. The maximum atomic E-state index is 13.4. The van der Waals surface area contributed by atoms with Crippen LogP contribution in [0, 0.1) is 19.8 Å².